The van der Waals surface area contributed by atoms with Crippen molar-refractivity contribution in [3.63, 3.8) is 0 Å². The van der Waals surface area contributed by atoms with Crippen LogP contribution < -0.4 is 0 Å². The van der Waals surface area contributed by atoms with Crippen molar-refractivity contribution in [1.29, 1.82) is 0 Å². The van der Waals surface area contributed by atoms with E-state index in [4.69, 9.17) is 16.3 Å². The summed E-state index contributed by atoms with van der Waals surface area (Å²) in [6.45, 7) is 7.93. The topological polar surface area (TPSA) is 57.0 Å². The molecular formula is C13H18ClN3O2Si. The quantitative estimate of drug-likeness (QED) is 0.356. The lowest BCUT2D eigenvalue weighted by molar-refractivity contribution is 0.0812. The molecule has 2 aromatic rings. The lowest BCUT2D eigenvalue weighted by Crippen LogP contribution is -2.22. The van der Waals surface area contributed by atoms with Gasteiger partial charge in [-0.25, -0.2) is 9.67 Å². The monoisotopic (exact) mass is 311 g/mol. The number of ether oxygens (including phenoxy) is 1. The fourth-order valence-corrected chi connectivity index (χ4v) is 2.67. The number of halogens is 1. The van der Waals surface area contributed by atoms with Gasteiger partial charge in [0, 0.05) is 14.7 Å². The van der Waals surface area contributed by atoms with E-state index in [1.165, 1.54) is 0 Å². The highest BCUT2D eigenvalue weighted by atomic mass is 35.5. The van der Waals surface area contributed by atoms with Crippen molar-refractivity contribution >= 4 is 37.0 Å². The summed E-state index contributed by atoms with van der Waals surface area (Å²) in [5.41, 5.74) is 1.56. The fraction of sp³-hybridized carbons (Fsp3) is 0.462. The highest BCUT2D eigenvalue weighted by Gasteiger charge is 2.14. The summed E-state index contributed by atoms with van der Waals surface area (Å²) in [6, 6.07) is 4.57. The Kier molecular flexibility index (Phi) is 4.57. The molecule has 5 nitrogen and oxygen atoms in total. The first-order valence-electron chi connectivity index (χ1n) is 6.47. The maximum absolute atomic E-state index is 11.0. The van der Waals surface area contributed by atoms with Gasteiger partial charge in [-0.15, -0.1) is 0 Å². The van der Waals surface area contributed by atoms with Gasteiger partial charge in [-0.3, -0.25) is 4.79 Å². The predicted molar refractivity (Wildman–Crippen MR) is 82.0 cm³/mol. The molecule has 2 rings (SSSR count). The summed E-state index contributed by atoms with van der Waals surface area (Å²) < 4.78 is 7.30. The number of aromatic nitrogens is 3. The fourth-order valence-electron chi connectivity index (χ4n) is 1.76. The van der Waals surface area contributed by atoms with Crippen LogP contribution in [0.2, 0.25) is 30.8 Å². The zero-order valence-electron chi connectivity index (χ0n) is 11.9. The highest BCUT2D eigenvalue weighted by molar-refractivity contribution is 6.76. The molecule has 0 spiro atoms. The van der Waals surface area contributed by atoms with E-state index in [1.807, 2.05) is 0 Å². The van der Waals surface area contributed by atoms with Crippen LogP contribution in [0.25, 0.3) is 11.0 Å². The Bertz CT molecular complexity index is 622. The molecule has 0 unspecified atom stereocenters. The van der Waals surface area contributed by atoms with Crippen LogP contribution in [0.15, 0.2) is 12.1 Å². The van der Waals surface area contributed by atoms with Crippen molar-refractivity contribution in [1.82, 2.24) is 14.8 Å². The molecule has 0 aliphatic heterocycles. The molecule has 0 fully saturated rings. The van der Waals surface area contributed by atoms with Gasteiger partial charge in [0.2, 0.25) is 0 Å². The third-order valence-corrected chi connectivity index (χ3v) is 4.83. The first-order valence-corrected chi connectivity index (χ1v) is 10.6. The second kappa shape index (κ2) is 6.03. The van der Waals surface area contributed by atoms with Crippen molar-refractivity contribution in [2.24, 2.45) is 0 Å². The average molecular weight is 312 g/mol. The number of rotatable bonds is 6. The number of aldehydes is 1. The molecule has 0 amide bonds. The third-order valence-electron chi connectivity index (χ3n) is 2.91. The minimum atomic E-state index is -1.10. The van der Waals surface area contributed by atoms with Crippen LogP contribution >= 0.6 is 11.6 Å². The molecule has 0 radical (unpaired) electrons. The summed E-state index contributed by atoms with van der Waals surface area (Å²) >= 11 is 5.84. The van der Waals surface area contributed by atoms with Gasteiger partial charge in [0.15, 0.2) is 12.0 Å². The summed E-state index contributed by atoms with van der Waals surface area (Å²) in [6.07, 6.45) is 0.685. The molecule has 108 valence electrons. The Morgan fingerprint density at radius 3 is 2.80 bits per heavy atom. The summed E-state index contributed by atoms with van der Waals surface area (Å²) in [5.74, 6) is 0. The lowest BCUT2D eigenvalue weighted by atomic mass is 10.3. The molecule has 20 heavy (non-hydrogen) atoms. The number of carbonyl (C=O) groups is 1. The Hall–Kier alpha value is -1.24. The predicted octanol–water partition coefficient (Wildman–Crippen LogP) is 3.21. The maximum atomic E-state index is 11.0. The maximum Gasteiger partial charge on any atom is 0.172 e. The summed E-state index contributed by atoms with van der Waals surface area (Å²) in [7, 11) is -1.10. The van der Waals surface area contributed by atoms with Crippen LogP contribution in [-0.4, -0.2) is 35.7 Å². The molecule has 0 saturated carbocycles. The molecular weight excluding hydrogens is 294 g/mol. The Morgan fingerprint density at radius 1 is 1.40 bits per heavy atom. The Labute approximate surface area is 123 Å². The van der Waals surface area contributed by atoms with Gasteiger partial charge in [-0.05, 0) is 18.2 Å². The molecule has 0 aromatic carbocycles. The minimum Gasteiger partial charge on any atom is -0.360 e. The second-order valence-corrected chi connectivity index (χ2v) is 11.9. The molecule has 0 aliphatic carbocycles. The second-order valence-electron chi connectivity index (χ2n) is 5.85. The zero-order valence-corrected chi connectivity index (χ0v) is 13.6. The lowest BCUT2D eigenvalue weighted by Gasteiger charge is -2.15. The van der Waals surface area contributed by atoms with Crippen LogP contribution in [0, 0.1) is 0 Å². The van der Waals surface area contributed by atoms with Crippen LogP contribution in [0.5, 0.6) is 0 Å². The Morgan fingerprint density at radius 2 is 2.15 bits per heavy atom. The first-order chi connectivity index (χ1) is 9.40. The summed E-state index contributed by atoms with van der Waals surface area (Å²) in [5, 5.41) is 4.54. The molecule has 0 saturated heterocycles. The van der Waals surface area contributed by atoms with E-state index < -0.39 is 8.07 Å². The number of nitrogens with zero attached hydrogens (tertiary/aromatic N) is 3. The van der Waals surface area contributed by atoms with Crippen molar-refractivity contribution in [3.8, 4) is 0 Å². The number of carbonyl (C=O) groups excluding carboxylic acids is 1. The Balaban J connectivity index is 2.12. The number of fused-ring (bicyclic) bond motifs is 1. The van der Waals surface area contributed by atoms with Crippen LogP contribution in [0.3, 0.4) is 0 Å². The molecule has 0 N–H and O–H groups in total. The van der Waals surface area contributed by atoms with E-state index in [2.05, 4.69) is 29.7 Å². The van der Waals surface area contributed by atoms with Gasteiger partial charge >= 0.3 is 0 Å². The number of hydrogen-bond donors (Lipinski definition) is 0. The standard InChI is InChI=1S/C13H18ClN3O2Si/c1-20(2,3)7-6-19-9-17-11-4-5-12(14)15-13(11)10(8-18)16-17/h4-5,8H,6-7,9H2,1-3H3. The number of pyridine rings is 1. The normalized spacial score (nSPS) is 12.0. The van der Waals surface area contributed by atoms with E-state index in [-0.39, 0.29) is 5.69 Å². The van der Waals surface area contributed by atoms with Crippen LogP contribution in [0.4, 0.5) is 0 Å². The molecule has 2 aromatic heterocycles. The van der Waals surface area contributed by atoms with Gasteiger partial charge in [-0.1, -0.05) is 31.2 Å². The SMILES string of the molecule is C[Si](C)(C)CCOCn1nc(C=O)c2nc(Cl)ccc21. The zero-order chi connectivity index (χ0) is 14.8. The number of hydrogen-bond acceptors (Lipinski definition) is 4. The van der Waals surface area contributed by atoms with Crippen molar-refractivity contribution in [3.05, 3.63) is 23.0 Å². The van der Waals surface area contributed by atoms with Gasteiger partial charge in [0.05, 0.1) is 5.52 Å². The minimum absolute atomic E-state index is 0.288. The molecule has 7 heteroatoms. The average Bonchev–Trinajstić information content (AvgIpc) is 2.71. The van der Waals surface area contributed by atoms with Gasteiger partial charge in [0.1, 0.15) is 17.4 Å². The molecule has 0 aliphatic rings. The van der Waals surface area contributed by atoms with E-state index >= 15 is 0 Å². The van der Waals surface area contributed by atoms with Gasteiger partial charge in [-0.2, -0.15) is 5.10 Å². The largest absolute Gasteiger partial charge is 0.360 e. The van der Waals surface area contributed by atoms with Gasteiger partial charge < -0.3 is 4.74 Å². The van der Waals surface area contributed by atoms with E-state index in [1.54, 1.807) is 16.8 Å². The molecule has 0 atom stereocenters. The van der Waals surface area contributed by atoms with Crippen LogP contribution in [-0.2, 0) is 11.5 Å². The van der Waals surface area contributed by atoms with Gasteiger partial charge in [0.25, 0.3) is 0 Å². The van der Waals surface area contributed by atoms with Crippen molar-refractivity contribution in [2.45, 2.75) is 32.4 Å². The smallest absolute Gasteiger partial charge is 0.172 e. The van der Waals surface area contributed by atoms with E-state index in [9.17, 15) is 4.79 Å². The summed E-state index contributed by atoms with van der Waals surface area (Å²) in [4.78, 5) is 15.1. The van der Waals surface area contributed by atoms with Crippen molar-refractivity contribution in [2.75, 3.05) is 6.61 Å². The van der Waals surface area contributed by atoms with E-state index in [0.29, 0.717) is 30.3 Å². The van der Waals surface area contributed by atoms with Crippen LogP contribution in [0.1, 0.15) is 10.5 Å². The first kappa shape index (κ1) is 15.2. The third kappa shape index (κ3) is 3.65. The van der Waals surface area contributed by atoms with E-state index in [0.717, 1.165) is 11.6 Å². The molecule has 0 bridgehead atoms. The van der Waals surface area contributed by atoms with Crippen molar-refractivity contribution < 1.29 is 9.53 Å². The highest BCUT2D eigenvalue weighted by Crippen LogP contribution is 2.18. The molecule has 2 heterocycles.